The molecule has 0 spiro atoms. The van der Waals surface area contributed by atoms with Gasteiger partial charge in [0, 0.05) is 18.7 Å². The monoisotopic (exact) mass is 429 g/mol. The highest BCUT2D eigenvalue weighted by Gasteiger charge is 2.29. The van der Waals surface area contributed by atoms with Crippen LogP contribution in [0.2, 0.25) is 0 Å². The Labute approximate surface area is 185 Å². The number of rotatable bonds is 5. The van der Waals surface area contributed by atoms with E-state index in [1.54, 1.807) is 0 Å². The second-order valence-electron chi connectivity index (χ2n) is 9.01. The molecule has 6 heteroatoms. The van der Waals surface area contributed by atoms with Crippen molar-refractivity contribution >= 4 is 22.9 Å². The summed E-state index contributed by atoms with van der Waals surface area (Å²) in [6.45, 7) is 11.4. The summed E-state index contributed by atoms with van der Waals surface area (Å²) in [7, 11) is 4.02. The lowest BCUT2D eigenvalue weighted by molar-refractivity contribution is 0.0702. The normalized spacial score (nSPS) is 19.1. The average molecular weight is 430 g/mol. The molecule has 0 aromatic carbocycles. The maximum atomic E-state index is 12.1. The van der Waals surface area contributed by atoms with E-state index < -0.39 is 5.97 Å². The van der Waals surface area contributed by atoms with Gasteiger partial charge in [-0.2, -0.15) is 0 Å². The number of carbonyl (C=O) groups is 1. The van der Waals surface area contributed by atoms with Crippen LogP contribution in [0.25, 0.3) is 5.57 Å². The summed E-state index contributed by atoms with van der Waals surface area (Å²) in [5.41, 5.74) is 3.36. The molecule has 30 heavy (non-hydrogen) atoms. The molecule has 1 saturated heterocycles. The number of likely N-dealkylation sites (N-methyl/N-ethyl adjacent to an activating group) is 1. The van der Waals surface area contributed by atoms with Crippen LogP contribution < -0.4 is 5.32 Å². The number of hydrogen-bond acceptors (Lipinski definition) is 5. The number of nitrogens with zero attached hydrogens (tertiary/aromatic N) is 2. The SMILES string of the molecule is CCN1CCC(c2cc(C#CC(C)(C)N(C)C)sc2C(=O)O)=C(C2CCNCC2)C1. The van der Waals surface area contributed by atoms with Crippen LogP contribution >= 0.6 is 11.3 Å². The Hall–Kier alpha value is -1.65. The number of thiophene rings is 1. The first-order valence-electron chi connectivity index (χ1n) is 11.0. The van der Waals surface area contributed by atoms with Crippen LogP contribution in [0.1, 0.15) is 60.1 Å². The number of hydrogen-bond donors (Lipinski definition) is 2. The van der Waals surface area contributed by atoms with Gasteiger partial charge in [-0.3, -0.25) is 9.80 Å². The van der Waals surface area contributed by atoms with Gasteiger partial charge in [-0.15, -0.1) is 11.3 Å². The maximum Gasteiger partial charge on any atom is 0.346 e. The predicted octanol–water partition coefficient (Wildman–Crippen LogP) is 3.62. The van der Waals surface area contributed by atoms with E-state index >= 15 is 0 Å². The van der Waals surface area contributed by atoms with E-state index in [4.69, 9.17) is 0 Å². The predicted molar refractivity (Wildman–Crippen MR) is 125 cm³/mol. The molecule has 0 saturated carbocycles. The van der Waals surface area contributed by atoms with Crippen molar-refractivity contribution in [2.45, 2.75) is 45.6 Å². The molecule has 2 N–H and O–H groups in total. The Morgan fingerprint density at radius 3 is 2.67 bits per heavy atom. The summed E-state index contributed by atoms with van der Waals surface area (Å²) in [5.74, 6) is 6.26. The van der Waals surface area contributed by atoms with Crippen molar-refractivity contribution < 1.29 is 9.90 Å². The summed E-state index contributed by atoms with van der Waals surface area (Å²) in [5, 5.41) is 13.4. The zero-order chi connectivity index (χ0) is 21.9. The molecule has 1 fully saturated rings. The molecule has 5 nitrogen and oxygen atoms in total. The fourth-order valence-corrected chi connectivity index (χ4v) is 5.01. The molecule has 0 amide bonds. The van der Waals surface area contributed by atoms with E-state index in [0.717, 1.165) is 62.4 Å². The molecule has 0 unspecified atom stereocenters. The van der Waals surface area contributed by atoms with Gasteiger partial charge in [0.2, 0.25) is 0 Å². The lowest BCUT2D eigenvalue weighted by Crippen LogP contribution is -2.37. The van der Waals surface area contributed by atoms with E-state index in [1.165, 1.54) is 22.5 Å². The zero-order valence-electron chi connectivity index (χ0n) is 19.0. The van der Waals surface area contributed by atoms with Crippen LogP contribution in [-0.2, 0) is 0 Å². The fraction of sp³-hybridized carbons (Fsp3) is 0.625. The van der Waals surface area contributed by atoms with Crippen molar-refractivity contribution in [3.63, 3.8) is 0 Å². The highest BCUT2D eigenvalue weighted by molar-refractivity contribution is 7.14. The molecule has 0 radical (unpaired) electrons. The van der Waals surface area contributed by atoms with Crippen LogP contribution in [0.4, 0.5) is 0 Å². The Morgan fingerprint density at radius 1 is 1.37 bits per heavy atom. The molecule has 2 aliphatic heterocycles. The van der Waals surface area contributed by atoms with Gasteiger partial charge in [-0.05, 0) is 90.0 Å². The molecule has 1 aromatic rings. The lowest BCUT2D eigenvalue weighted by atomic mass is 9.81. The van der Waals surface area contributed by atoms with Gasteiger partial charge in [0.15, 0.2) is 0 Å². The topological polar surface area (TPSA) is 55.8 Å². The Morgan fingerprint density at radius 2 is 2.07 bits per heavy atom. The number of carboxylic acids is 1. The van der Waals surface area contributed by atoms with Crippen molar-refractivity contribution in [3.8, 4) is 11.8 Å². The molecule has 0 bridgehead atoms. The molecule has 2 aliphatic rings. The number of nitrogens with one attached hydrogen (secondary N) is 1. The molecular weight excluding hydrogens is 394 g/mol. The van der Waals surface area contributed by atoms with Gasteiger partial charge < -0.3 is 10.4 Å². The average Bonchev–Trinajstić information content (AvgIpc) is 3.17. The van der Waals surface area contributed by atoms with Crippen LogP contribution in [0, 0.1) is 17.8 Å². The summed E-state index contributed by atoms with van der Waals surface area (Å²) < 4.78 is 0. The molecule has 0 aliphatic carbocycles. The quantitative estimate of drug-likeness (QED) is 0.700. The number of piperidine rings is 1. The third kappa shape index (κ3) is 5.15. The Bertz CT molecular complexity index is 867. The number of aromatic carboxylic acids is 1. The third-order valence-electron chi connectivity index (χ3n) is 6.60. The minimum Gasteiger partial charge on any atom is -0.477 e. The Balaban J connectivity index is 2.05. The minimum absolute atomic E-state index is 0.264. The van der Waals surface area contributed by atoms with Gasteiger partial charge in [0.25, 0.3) is 0 Å². The first-order valence-corrected chi connectivity index (χ1v) is 11.8. The second kappa shape index (κ2) is 9.65. The van der Waals surface area contributed by atoms with Gasteiger partial charge >= 0.3 is 5.97 Å². The van der Waals surface area contributed by atoms with Crippen LogP contribution in [-0.4, -0.2) is 73.2 Å². The molecule has 3 heterocycles. The van der Waals surface area contributed by atoms with E-state index in [0.29, 0.717) is 10.8 Å². The third-order valence-corrected chi connectivity index (χ3v) is 7.64. The van der Waals surface area contributed by atoms with Crippen molar-refractivity contribution in [2.75, 3.05) is 46.8 Å². The first-order chi connectivity index (χ1) is 14.2. The van der Waals surface area contributed by atoms with Gasteiger partial charge in [0.05, 0.1) is 10.4 Å². The summed E-state index contributed by atoms with van der Waals surface area (Å²) in [4.78, 5) is 17.9. The Kier molecular flexibility index (Phi) is 7.41. The van der Waals surface area contributed by atoms with Gasteiger partial charge in [-0.25, -0.2) is 4.79 Å². The van der Waals surface area contributed by atoms with Crippen molar-refractivity contribution in [1.82, 2.24) is 15.1 Å². The second-order valence-corrected chi connectivity index (χ2v) is 10.1. The van der Waals surface area contributed by atoms with E-state index in [1.807, 2.05) is 20.2 Å². The fourth-order valence-electron chi connectivity index (χ4n) is 4.13. The summed E-state index contributed by atoms with van der Waals surface area (Å²) in [6.07, 6.45) is 3.18. The summed E-state index contributed by atoms with van der Waals surface area (Å²) in [6, 6.07) is 2.03. The minimum atomic E-state index is -0.843. The first kappa shape index (κ1) is 23.0. The van der Waals surface area contributed by atoms with Gasteiger partial charge in [0.1, 0.15) is 4.88 Å². The maximum absolute atomic E-state index is 12.1. The van der Waals surface area contributed by atoms with Crippen molar-refractivity contribution in [2.24, 2.45) is 5.92 Å². The highest BCUT2D eigenvalue weighted by Crippen LogP contribution is 2.39. The van der Waals surface area contributed by atoms with Crippen molar-refractivity contribution in [3.05, 3.63) is 27.0 Å². The van der Waals surface area contributed by atoms with Crippen LogP contribution in [0.3, 0.4) is 0 Å². The molecule has 3 rings (SSSR count). The lowest BCUT2D eigenvalue weighted by Gasteiger charge is -2.36. The standard InChI is InChI=1S/C24H35N3O2S/c1-6-27-14-10-19(21(16-27)17-8-12-25-13-9-17)20-15-18(30-22(20)23(28)29)7-11-24(2,3)26(4)5/h15,17,25H,6,8-10,12-14,16H2,1-5H3,(H,28,29). The van der Waals surface area contributed by atoms with E-state index in [-0.39, 0.29) is 5.54 Å². The molecular formula is C24H35N3O2S. The zero-order valence-corrected chi connectivity index (χ0v) is 19.8. The van der Waals surface area contributed by atoms with E-state index in [9.17, 15) is 9.90 Å². The smallest absolute Gasteiger partial charge is 0.346 e. The molecule has 164 valence electrons. The van der Waals surface area contributed by atoms with Gasteiger partial charge in [-0.1, -0.05) is 18.8 Å². The van der Waals surface area contributed by atoms with Crippen LogP contribution in [0.15, 0.2) is 11.6 Å². The number of carboxylic acid groups (broad SMARTS) is 1. The summed E-state index contributed by atoms with van der Waals surface area (Å²) >= 11 is 1.32. The molecule has 0 atom stereocenters. The highest BCUT2D eigenvalue weighted by atomic mass is 32.1. The van der Waals surface area contributed by atoms with Crippen molar-refractivity contribution in [1.29, 1.82) is 0 Å². The van der Waals surface area contributed by atoms with E-state index in [2.05, 4.69) is 47.7 Å². The molecule has 1 aromatic heterocycles. The van der Waals surface area contributed by atoms with Crippen LogP contribution in [0.5, 0.6) is 0 Å². The largest absolute Gasteiger partial charge is 0.477 e.